The summed E-state index contributed by atoms with van der Waals surface area (Å²) < 4.78 is 0. The summed E-state index contributed by atoms with van der Waals surface area (Å²) in [5, 5.41) is 9.69. The number of benzene rings is 4. The first-order chi connectivity index (χ1) is 18.5. The summed E-state index contributed by atoms with van der Waals surface area (Å²) in [5.74, 6) is 19.1. The molecule has 0 saturated heterocycles. The van der Waals surface area contributed by atoms with Crippen LogP contribution in [0.15, 0.2) is 95.9 Å². The lowest BCUT2D eigenvalue weighted by Crippen LogP contribution is -1.90. The van der Waals surface area contributed by atoms with E-state index in [1.807, 2.05) is 78.9 Å². The predicted molar refractivity (Wildman–Crippen MR) is 154 cm³/mol. The van der Waals surface area contributed by atoms with Crippen LogP contribution < -0.4 is 0 Å². The minimum absolute atomic E-state index is 0.0646. The number of nitrogens with zero attached hydrogens (tertiary/aromatic N) is 1. The molecule has 4 aromatic carbocycles. The topological polar surface area (TPSA) is 40.9 Å². The van der Waals surface area contributed by atoms with Crippen LogP contribution in [0.5, 0.6) is 0 Å². The number of nitriles is 1. The molecule has 4 rings (SSSR count). The van der Waals surface area contributed by atoms with Crippen molar-refractivity contribution in [3.63, 3.8) is 0 Å². The quantitative estimate of drug-likeness (QED) is 0.218. The Morgan fingerprint density at radius 3 is 1.89 bits per heavy atom. The maximum absolute atomic E-state index is 11.2. The second-order valence-electron chi connectivity index (χ2n) is 8.33. The van der Waals surface area contributed by atoms with Crippen molar-refractivity contribution in [2.75, 3.05) is 0 Å². The summed E-state index contributed by atoms with van der Waals surface area (Å²) in [4.78, 5) is 12.2. The highest BCUT2D eigenvalue weighted by Crippen LogP contribution is 2.19. The molecule has 0 bridgehead atoms. The van der Waals surface area contributed by atoms with Gasteiger partial charge in [-0.2, -0.15) is 5.26 Å². The molecular weight excluding hydrogens is 482 g/mol. The Kier molecular flexibility index (Phi) is 8.85. The van der Waals surface area contributed by atoms with E-state index in [-0.39, 0.29) is 5.12 Å². The van der Waals surface area contributed by atoms with E-state index in [0.717, 1.165) is 44.7 Å². The number of thioether (sulfide) groups is 1. The molecule has 0 aliphatic rings. The molecule has 0 spiro atoms. The van der Waals surface area contributed by atoms with E-state index < -0.39 is 0 Å². The minimum atomic E-state index is 0.0646. The highest BCUT2D eigenvalue weighted by atomic mass is 32.2. The zero-order chi connectivity index (χ0) is 26.7. The van der Waals surface area contributed by atoms with Gasteiger partial charge in [-0.05, 0) is 84.8 Å². The summed E-state index contributed by atoms with van der Waals surface area (Å²) in [6, 6.07) is 31.2. The average molecular weight is 506 g/mol. The molecule has 0 fully saturated rings. The maximum Gasteiger partial charge on any atom is 0.190 e. The molecule has 0 amide bonds. The molecule has 180 valence electrons. The van der Waals surface area contributed by atoms with Crippen LogP contribution >= 0.6 is 11.8 Å². The summed E-state index contributed by atoms with van der Waals surface area (Å²) in [6.45, 7) is 3.65. The molecule has 2 nitrogen and oxygen atoms in total. The maximum atomic E-state index is 11.2. The monoisotopic (exact) mass is 505 g/mol. The fourth-order valence-electron chi connectivity index (χ4n) is 3.63. The molecule has 3 heteroatoms. The zero-order valence-electron chi connectivity index (χ0n) is 21.1. The van der Waals surface area contributed by atoms with Gasteiger partial charge in [-0.3, -0.25) is 4.79 Å². The van der Waals surface area contributed by atoms with Crippen LogP contribution in [0.25, 0.3) is 0 Å². The molecule has 4 aromatic rings. The van der Waals surface area contributed by atoms with Gasteiger partial charge in [-0.1, -0.05) is 72.4 Å². The van der Waals surface area contributed by atoms with Gasteiger partial charge in [0, 0.05) is 45.2 Å². The van der Waals surface area contributed by atoms with Crippen LogP contribution in [0.3, 0.4) is 0 Å². The first kappa shape index (κ1) is 26.1. The lowest BCUT2D eigenvalue weighted by atomic mass is 10.0. The SMILES string of the molecule is CCc1cc(C#Cc2ccc(SC(C)=O)cc2)ccc1C#Cc1ccc(C#Cc2ccccc2)c(C#N)c1. The highest BCUT2D eigenvalue weighted by molar-refractivity contribution is 8.13. The average Bonchev–Trinajstić information content (AvgIpc) is 2.95. The van der Waals surface area contributed by atoms with Gasteiger partial charge in [0.15, 0.2) is 5.12 Å². The highest BCUT2D eigenvalue weighted by Gasteiger charge is 2.03. The molecule has 0 radical (unpaired) electrons. The van der Waals surface area contributed by atoms with E-state index in [9.17, 15) is 10.1 Å². The van der Waals surface area contributed by atoms with Gasteiger partial charge in [-0.25, -0.2) is 0 Å². The van der Waals surface area contributed by atoms with Gasteiger partial charge in [0.05, 0.1) is 5.56 Å². The van der Waals surface area contributed by atoms with Gasteiger partial charge < -0.3 is 0 Å². The van der Waals surface area contributed by atoms with Crippen molar-refractivity contribution in [1.29, 1.82) is 5.26 Å². The van der Waals surface area contributed by atoms with Crippen LogP contribution in [0.1, 0.15) is 58.4 Å². The van der Waals surface area contributed by atoms with Crippen molar-refractivity contribution in [3.05, 3.63) is 136 Å². The fourth-order valence-corrected chi connectivity index (χ4v) is 4.23. The van der Waals surface area contributed by atoms with E-state index in [4.69, 9.17) is 0 Å². The normalized spacial score (nSPS) is 9.50. The lowest BCUT2D eigenvalue weighted by Gasteiger charge is -2.02. The first-order valence-corrected chi connectivity index (χ1v) is 12.9. The van der Waals surface area contributed by atoms with Gasteiger partial charge in [0.25, 0.3) is 0 Å². The van der Waals surface area contributed by atoms with E-state index in [0.29, 0.717) is 11.1 Å². The number of rotatable bonds is 2. The molecule has 0 saturated carbocycles. The molecule has 0 aromatic heterocycles. The molecule has 0 aliphatic carbocycles. The summed E-state index contributed by atoms with van der Waals surface area (Å²) in [6.07, 6.45) is 0.827. The van der Waals surface area contributed by atoms with Crippen LogP contribution in [0.4, 0.5) is 0 Å². The van der Waals surface area contributed by atoms with Gasteiger partial charge >= 0.3 is 0 Å². The Bertz CT molecular complexity index is 1710. The van der Waals surface area contributed by atoms with Crippen molar-refractivity contribution in [2.45, 2.75) is 25.2 Å². The largest absolute Gasteiger partial charge is 0.287 e. The van der Waals surface area contributed by atoms with E-state index in [1.54, 1.807) is 13.0 Å². The standard InChI is InChI=1S/C35H23NOS/c1-3-31-23-29(10-9-28-15-21-35(22-16-28)38-26(2)37)12-18-32(31)19-13-30-14-20-33(34(24-30)25-36)17-11-27-7-5-4-6-8-27/h4-8,12,14-16,18,20-24H,3H2,1-2H3. The molecule has 0 atom stereocenters. The van der Waals surface area contributed by atoms with Crippen LogP contribution in [0, 0.1) is 46.9 Å². The van der Waals surface area contributed by atoms with Crippen LogP contribution in [-0.4, -0.2) is 5.12 Å². The fraction of sp³-hybridized carbons (Fsp3) is 0.0857. The number of hydrogen-bond acceptors (Lipinski definition) is 3. The van der Waals surface area contributed by atoms with Crippen molar-refractivity contribution < 1.29 is 4.79 Å². The van der Waals surface area contributed by atoms with Crippen molar-refractivity contribution in [2.24, 2.45) is 0 Å². The molecule has 0 heterocycles. The molecule has 38 heavy (non-hydrogen) atoms. The van der Waals surface area contributed by atoms with Crippen molar-refractivity contribution >= 4 is 16.9 Å². The van der Waals surface area contributed by atoms with Crippen LogP contribution in [-0.2, 0) is 11.2 Å². The molecule has 0 N–H and O–H groups in total. The molecule has 0 unspecified atom stereocenters. The Labute approximate surface area is 228 Å². The second kappa shape index (κ2) is 12.9. The third kappa shape index (κ3) is 7.29. The third-order valence-electron chi connectivity index (χ3n) is 5.55. The van der Waals surface area contributed by atoms with E-state index in [2.05, 4.69) is 54.6 Å². The number of carbonyl (C=O) groups is 1. The Morgan fingerprint density at radius 2 is 1.21 bits per heavy atom. The third-order valence-corrected chi connectivity index (χ3v) is 6.35. The van der Waals surface area contributed by atoms with Crippen molar-refractivity contribution in [3.8, 4) is 41.6 Å². The van der Waals surface area contributed by atoms with Gasteiger partial charge in [-0.15, -0.1) is 0 Å². The second-order valence-corrected chi connectivity index (χ2v) is 9.58. The number of carbonyl (C=O) groups excluding carboxylic acids is 1. The lowest BCUT2D eigenvalue weighted by molar-refractivity contribution is -0.109. The summed E-state index contributed by atoms with van der Waals surface area (Å²) in [7, 11) is 0. The van der Waals surface area contributed by atoms with Crippen LogP contribution in [0.2, 0.25) is 0 Å². The number of hydrogen-bond donors (Lipinski definition) is 0. The van der Waals surface area contributed by atoms with Gasteiger partial charge in [0.1, 0.15) is 6.07 Å². The zero-order valence-corrected chi connectivity index (χ0v) is 21.9. The van der Waals surface area contributed by atoms with Gasteiger partial charge in [0.2, 0.25) is 0 Å². The number of aryl methyl sites for hydroxylation is 1. The van der Waals surface area contributed by atoms with E-state index >= 15 is 0 Å². The Balaban J connectivity index is 1.52. The predicted octanol–water partition coefficient (Wildman–Crippen LogP) is 6.96. The Hall–Kier alpha value is -4.93. The first-order valence-electron chi connectivity index (χ1n) is 12.1. The molecule has 0 aliphatic heterocycles. The summed E-state index contributed by atoms with van der Waals surface area (Å²) >= 11 is 1.21. The Morgan fingerprint density at radius 1 is 0.658 bits per heavy atom. The summed E-state index contributed by atoms with van der Waals surface area (Å²) in [5.41, 5.74) is 6.73. The van der Waals surface area contributed by atoms with E-state index in [1.165, 1.54) is 11.8 Å². The van der Waals surface area contributed by atoms with Crippen molar-refractivity contribution in [1.82, 2.24) is 0 Å². The smallest absolute Gasteiger partial charge is 0.190 e. The minimum Gasteiger partial charge on any atom is -0.287 e. The molecular formula is C35H23NOS.